The number of rotatable bonds is 1. The van der Waals surface area contributed by atoms with Crippen molar-refractivity contribution in [1.29, 1.82) is 0 Å². The highest BCUT2D eigenvalue weighted by Gasteiger charge is 2.19. The van der Waals surface area contributed by atoms with Gasteiger partial charge in [0.2, 0.25) is 0 Å². The monoisotopic (exact) mass is 368 g/mol. The first-order valence-corrected chi connectivity index (χ1v) is 9.75. The molecule has 0 bridgehead atoms. The molecule has 0 aliphatic heterocycles. The lowest BCUT2D eigenvalue weighted by Crippen LogP contribution is -2.10. The fourth-order valence-electron chi connectivity index (χ4n) is 4.08. The van der Waals surface area contributed by atoms with E-state index in [1.807, 2.05) is 0 Å². The maximum atomic E-state index is 6.26. The van der Waals surface area contributed by atoms with E-state index >= 15 is 0 Å². The Balaban J connectivity index is 1.79. The van der Waals surface area contributed by atoms with E-state index in [1.165, 1.54) is 16.7 Å². The molecule has 2 heterocycles. The molecule has 1 N–H and O–H groups in total. The largest absolute Gasteiger partial charge is 0.454 e. The highest BCUT2D eigenvalue weighted by molar-refractivity contribution is 6.13. The van der Waals surface area contributed by atoms with Crippen molar-refractivity contribution in [3.05, 3.63) is 65.2 Å². The number of furan rings is 1. The zero-order chi connectivity index (χ0) is 19.6. The van der Waals surface area contributed by atoms with Gasteiger partial charge in [-0.15, -0.1) is 0 Å². The summed E-state index contributed by atoms with van der Waals surface area (Å²) in [6, 6.07) is 17.1. The van der Waals surface area contributed by atoms with Crippen LogP contribution in [0.25, 0.3) is 44.4 Å². The quantitative estimate of drug-likeness (QED) is 0.344. The predicted molar refractivity (Wildman–Crippen MR) is 117 cm³/mol. The average molecular weight is 368 g/mol. The van der Waals surface area contributed by atoms with E-state index in [4.69, 9.17) is 9.40 Å². The molecule has 2 aromatic heterocycles. The van der Waals surface area contributed by atoms with Crippen LogP contribution < -0.4 is 0 Å². The van der Waals surface area contributed by atoms with Crippen molar-refractivity contribution in [3.63, 3.8) is 0 Å². The van der Waals surface area contributed by atoms with Crippen LogP contribution in [0.15, 0.2) is 52.9 Å². The molecule has 0 saturated carbocycles. The second-order valence-corrected chi connectivity index (χ2v) is 8.75. The number of H-pyrrole nitrogens is 1. The van der Waals surface area contributed by atoms with Crippen LogP contribution in [0.5, 0.6) is 0 Å². The van der Waals surface area contributed by atoms with Crippen molar-refractivity contribution in [3.8, 4) is 11.4 Å². The van der Waals surface area contributed by atoms with Crippen LogP contribution in [0.2, 0.25) is 0 Å². The van der Waals surface area contributed by atoms with Gasteiger partial charge in [-0.05, 0) is 60.2 Å². The maximum absolute atomic E-state index is 6.26. The molecule has 3 nitrogen and oxygen atoms in total. The van der Waals surface area contributed by atoms with E-state index in [1.54, 1.807) is 0 Å². The molecule has 140 valence electrons. The van der Waals surface area contributed by atoms with Gasteiger partial charge in [0.25, 0.3) is 0 Å². The fourth-order valence-corrected chi connectivity index (χ4v) is 4.08. The summed E-state index contributed by atoms with van der Waals surface area (Å²) < 4.78 is 6.26. The molecule has 3 aromatic carbocycles. The van der Waals surface area contributed by atoms with E-state index in [2.05, 4.69) is 88.1 Å². The van der Waals surface area contributed by atoms with E-state index in [0.717, 1.165) is 44.4 Å². The second-order valence-electron chi connectivity index (χ2n) is 8.75. The Morgan fingerprint density at radius 1 is 0.893 bits per heavy atom. The molecule has 0 spiro atoms. The van der Waals surface area contributed by atoms with Crippen LogP contribution in [-0.4, -0.2) is 9.97 Å². The average Bonchev–Trinajstić information content (AvgIpc) is 3.21. The molecule has 5 aromatic rings. The number of nitrogens with zero attached hydrogens (tertiary/aromatic N) is 1. The first-order chi connectivity index (χ1) is 13.3. The molecular weight excluding hydrogens is 344 g/mol. The van der Waals surface area contributed by atoms with Gasteiger partial charge >= 0.3 is 0 Å². The summed E-state index contributed by atoms with van der Waals surface area (Å²) in [5.74, 6) is 0.897. The molecule has 0 atom stereocenters. The number of hydrogen-bond donors (Lipinski definition) is 1. The van der Waals surface area contributed by atoms with Gasteiger partial charge in [0.05, 0.1) is 5.52 Å². The van der Waals surface area contributed by atoms with Crippen LogP contribution in [0.4, 0.5) is 0 Å². The van der Waals surface area contributed by atoms with Crippen molar-refractivity contribution in [1.82, 2.24) is 9.97 Å². The van der Waals surface area contributed by atoms with Gasteiger partial charge < -0.3 is 9.40 Å². The second kappa shape index (κ2) is 5.71. The van der Waals surface area contributed by atoms with E-state index in [-0.39, 0.29) is 5.41 Å². The molecule has 5 rings (SSSR count). The predicted octanol–water partition coefficient (Wildman–Crippen LogP) is 7.04. The molecule has 0 saturated heterocycles. The minimum atomic E-state index is 0.101. The van der Waals surface area contributed by atoms with Crippen LogP contribution in [0, 0.1) is 13.8 Å². The molecule has 0 fully saturated rings. The number of aromatic amines is 1. The smallest absolute Gasteiger partial charge is 0.163 e. The third kappa shape index (κ3) is 2.46. The van der Waals surface area contributed by atoms with Crippen LogP contribution in [0.1, 0.15) is 37.5 Å². The Kier molecular flexibility index (Phi) is 3.48. The molecule has 0 unspecified atom stereocenters. The third-order valence-corrected chi connectivity index (χ3v) is 5.67. The van der Waals surface area contributed by atoms with E-state index < -0.39 is 0 Å². The number of fused-ring (bicyclic) bond motifs is 5. The van der Waals surface area contributed by atoms with Gasteiger partial charge in [-0.25, -0.2) is 4.98 Å². The highest BCUT2D eigenvalue weighted by atomic mass is 16.3. The molecular formula is C25H24N2O. The summed E-state index contributed by atoms with van der Waals surface area (Å²) in [6.45, 7) is 11.0. The van der Waals surface area contributed by atoms with Crippen molar-refractivity contribution < 1.29 is 4.42 Å². The number of hydrogen-bond acceptors (Lipinski definition) is 2. The highest BCUT2D eigenvalue weighted by Crippen LogP contribution is 2.37. The molecule has 0 aliphatic rings. The van der Waals surface area contributed by atoms with Crippen molar-refractivity contribution in [2.75, 3.05) is 0 Å². The third-order valence-electron chi connectivity index (χ3n) is 5.67. The fraction of sp³-hybridized carbons (Fsp3) is 0.240. The Bertz CT molecular complexity index is 1340. The molecule has 0 aliphatic carbocycles. The number of imidazole rings is 1. The minimum Gasteiger partial charge on any atom is -0.454 e. The van der Waals surface area contributed by atoms with Gasteiger partial charge in [0, 0.05) is 16.3 Å². The number of aromatic nitrogens is 2. The van der Waals surface area contributed by atoms with Crippen LogP contribution in [-0.2, 0) is 5.41 Å². The summed E-state index contributed by atoms with van der Waals surface area (Å²) in [5, 5.41) is 2.27. The first kappa shape index (κ1) is 17.1. The maximum Gasteiger partial charge on any atom is 0.163 e. The van der Waals surface area contributed by atoms with Crippen molar-refractivity contribution in [2.24, 2.45) is 0 Å². The lowest BCUT2D eigenvalue weighted by atomic mass is 9.86. The summed E-state index contributed by atoms with van der Waals surface area (Å²) in [7, 11) is 0. The number of nitrogens with one attached hydrogen (secondary N) is 1. The van der Waals surface area contributed by atoms with E-state index in [9.17, 15) is 0 Å². The van der Waals surface area contributed by atoms with Gasteiger partial charge in [-0.1, -0.05) is 45.0 Å². The molecule has 0 radical (unpaired) electrons. The number of benzene rings is 3. The molecule has 0 amide bonds. The standard InChI is InChI=1S/C25H24N2O/c1-14-7-6-8-15(2)21(14)24-26-19-11-10-17-18-13-16(25(3,4)5)9-12-20(18)28-23(17)22(19)27-24/h6-13H,1-5H3,(H,26,27). The van der Waals surface area contributed by atoms with Gasteiger partial charge in [0.1, 0.15) is 16.9 Å². The zero-order valence-electron chi connectivity index (χ0n) is 17.0. The van der Waals surface area contributed by atoms with Crippen LogP contribution in [0.3, 0.4) is 0 Å². The first-order valence-electron chi connectivity index (χ1n) is 9.75. The van der Waals surface area contributed by atoms with Gasteiger partial charge in [-0.2, -0.15) is 0 Å². The van der Waals surface area contributed by atoms with Gasteiger partial charge in [-0.3, -0.25) is 0 Å². The SMILES string of the molecule is Cc1cccc(C)c1-c1nc2c(ccc3c4cc(C(C)(C)C)ccc4oc32)[nH]1. The molecule has 3 heteroatoms. The Labute approximate surface area is 164 Å². The lowest BCUT2D eigenvalue weighted by Gasteiger charge is -2.18. The minimum absolute atomic E-state index is 0.101. The van der Waals surface area contributed by atoms with Crippen molar-refractivity contribution in [2.45, 2.75) is 40.0 Å². The van der Waals surface area contributed by atoms with E-state index in [0.29, 0.717) is 0 Å². The topological polar surface area (TPSA) is 41.8 Å². The zero-order valence-corrected chi connectivity index (χ0v) is 17.0. The Hall–Kier alpha value is -3.07. The summed E-state index contributed by atoms with van der Waals surface area (Å²) in [4.78, 5) is 8.44. The Morgan fingerprint density at radius 3 is 2.36 bits per heavy atom. The van der Waals surface area contributed by atoms with Gasteiger partial charge in [0.15, 0.2) is 5.58 Å². The van der Waals surface area contributed by atoms with Crippen LogP contribution >= 0.6 is 0 Å². The number of aryl methyl sites for hydroxylation is 2. The summed E-state index contributed by atoms with van der Waals surface area (Å²) in [5.41, 5.74) is 8.66. The lowest BCUT2D eigenvalue weighted by molar-refractivity contribution is 0.590. The summed E-state index contributed by atoms with van der Waals surface area (Å²) in [6.07, 6.45) is 0. The molecule has 28 heavy (non-hydrogen) atoms. The Morgan fingerprint density at radius 2 is 1.64 bits per heavy atom. The summed E-state index contributed by atoms with van der Waals surface area (Å²) >= 11 is 0. The normalized spacial score (nSPS) is 12.5. The van der Waals surface area contributed by atoms with Crippen molar-refractivity contribution >= 4 is 33.0 Å².